The number of hydrogen-bond donors (Lipinski definition) is 3. The molecule has 0 aliphatic heterocycles. The maximum absolute atomic E-state index is 9.62. The summed E-state index contributed by atoms with van der Waals surface area (Å²) < 4.78 is 1.78. The summed E-state index contributed by atoms with van der Waals surface area (Å²) in [6.07, 6.45) is 1.74. The Balaban J connectivity index is 2.10. The number of nitrogens with one attached hydrogen (secondary N) is 1. The standard InChI is InChI=1S/C12H15N3O2/c1-8-11(7-14-15(8)2)13-6-9-3-4-10(16)5-12(9)17/h3-5,7,13,16-17H,6H2,1-2H3. The van der Waals surface area contributed by atoms with Crippen molar-refractivity contribution >= 4 is 5.69 Å². The molecule has 1 aromatic carbocycles. The highest BCUT2D eigenvalue weighted by Gasteiger charge is 2.05. The van der Waals surface area contributed by atoms with E-state index in [4.69, 9.17) is 0 Å². The second-order valence-electron chi connectivity index (χ2n) is 3.93. The van der Waals surface area contributed by atoms with E-state index in [9.17, 15) is 10.2 Å². The number of phenolic OH excluding ortho intramolecular Hbond substituents is 2. The molecular formula is C12H15N3O2. The van der Waals surface area contributed by atoms with E-state index in [1.807, 2.05) is 14.0 Å². The molecule has 5 heteroatoms. The molecule has 0 amide bonds. The highest BCUT2D eigenvalue weighted by molar-refractivity contribution is 5.48. The molecule has 0 saturated carbocycles. The third kappa shape index (κ3) is 2.33. The summed E-state index contributed by atoms with van der Waals surface area (Å²) in [5.41, 5.74) is 2.69. The van der Waals surface area contributed by atoms with Crippen molar-refractivity contribution in [3.8, 4) is 11.5 Å². The van der Waals surface area contributed by atoms with Crippen LogP contribution in [0.2, 0.25) is 0 Å². The van der Waals surface area contributed by atoms with Gasteiger partial charge in [0.1, 0.15) is 11.5 Å². The predicted octanol–water partition coefficient (Wildman–Crippen LogP) is 1.75. The zero-order valence-electron chi connectivity index (χ0n) is 9.81. The first-order chi connectivity index (χ1) is 8.08. The minimum absolute atomic E-state index is 0.0591. The highest BCUT2D eigenvalue weighted by atomic mass is 16.3. The van der Waals surface area contributed by atoms with Gasteiger partial charge in [0.2, 0.25) is 0 Å². The van der Waals surface area contributed by atoms with E-state index in [1.54, 1.807) is 23.0 Å². The lowest BCUT2D eigenvalue weighted by atomic mass is 10.2. The number of phenols is 2. The summed E-state index contributed by atoms with van der Waals surface area (Å²) in [5, 5.41) is 26.1. The minimum atomic E-state index is 0.0591. The Hall–Kier alpha value is -2.17. The van der Waals surface area contributed by atoms with Gasteiger partial charge in [-0.25, -0.2) is 0 Å². The van der Waals surface area contributed by atoms with Gasteiger partial charge in [-0.2, -0.15) is 5.10 Å². The molecule has 0 aliphatic carbocycles. The van der Waals surface area contributed by atoms with Crippen LogP contribution in [0.3, 0.4) is 0 Å². The maximum Gasteiger partial charge on any atom is 0.124 e. The number of aromatic hydroxyl groups is 2. The molecule has 0 unspecified atom stereocenters. The Kier molecular flexibility index (Phi) is 2.91. The average molecular weight is 233 g/mol. The molecule has 1 heterocycles. The first kappa shape index (κ1) is 11.3. The zero-order valence-corrected chi connectivity index (χ0v) is 9.81. The van der Waals surface area contributed by atoms with Crippen LogP contribution in [0.5, 0.6) is 11.5 Å². The second kappa shape index (κ2) is 4.37. The normalized spacial score (nSPS) is 10.5. The molecule has 17 heavy (non-hydrogen) atoms. The van der Waals surface area contributed by atoms with Gasteiger partial charge in [0.25, 0.3) is 0 Å². The number of aromatic nitrogens is 2. The molecular weight excluding hydrogens is 218 g/mol. The average Bonchev–Trinajstić information content (AvgIpc) is 2.59. The van der Waals surface area contributed by atoms with Crippen LogP contribution in [0.4, 0.5) is 5.69 Å². The number of aryl methyl sites for hydroxylation is 1. The first-order valence-corrected chi connectivity index (χ1v) is 5.31. The van der Waals surface area contributed by atoms with E-state index in [-0.39, 0.29) is 11.5 Å². The van der Waals surface area contributed by atoms with E-state index in [0.29, 0.717) is 6.54 Å². The van der Waals surface area contributed by atoms with Crippen molar-refractivity contribution in [2.45, 2.75) is 13.5 Å². The van der Waals surface area contributed by atoms with Crippen molar-refractivity contribution in [3.63, 3.8) is 0 Å². The maximum atomic E-state index is 9.62. The first-order valence-electron chi connectivity index (χ1n) is 5.31. The molecule has 90 valence electrons. The highest BCUT2D eigenvalue weighted by Crippen LogP contribution is 2.23. The molecule has 1 aromatic heterocycles. The monoisotopic (exact) mass is 233 g/mol. The largest absolute Gasteiger partial charge is 0.508 e. The van der Waals surface area contributed by atoms with Crippen molar-refractivity contribution in [1.29, 1.82) is 0 Å². The van der Waals surface area contributed by atoms with Crippen molar-refractivity contribution < 1.29 is 10.2 Å². The lowest BCUT2D eigenvalue weighted by molar-refractivity contribution is 0.446. The van der Waals surface area contributed by atoms with Crippen LogP contribution in [-0.2, 0) is 13.6 Å². The second-order valence-corrected chi connectivity index (χ2v) is 3.93. The van der Waals surface area contributed by atoms with Gasteiger partial charge in [-0.1, -0.05) is 0 Å². The molecule has 2 rings (SSSR count). The molecule has 0 saturated heterocycles. The third-order valence-corrected chi connectivity index (χ3v) is 2.77. The Labute approximate surface area is 99.3 Å². The lowest BCUT2D eigenvalue weighted by Crippen LogP contribution is -2.01. The SMILES string of the molecule is Cc1c(NCc2ccc(O)cc2O)cnn1C. The fourth-order valence-corrected chi connectivity index (χ4v) is 1.56. The quantitative estimate of drug-likeness (QED) is 0.755. The van der Waals surface area contributed by atoms with Crippen LogP contribution >= 0.6 is 0 Å². The van der Waals surface area contributed by atoms with Gasteiger partial charge in [-0.3, -0.25) is 4.68 Å². The Morgan fingerprint density at radius 1 is 1.35 bits per heavy atom. The smallest absolute Gasteiger partial charge is 0.124 e. The number of anilines is 1. The summed E-state index contributed by atoms with van der Waals surface area (Å²) >= 11 is 0. The van der Waals surface area contributed by atoms with E-state index in [0.717, 1.165) is 16.9 Å². The summed E-state index contributed by atoms with van der Waals surface area (Å²) in [6.45, 7) is 2.45. The van der Waals surface area contributed by atoms with Crippen LogP contribution in [-0.4, -0.2) is 20.0 Å². The molecule has 0 fully saturated rings. The fourth-order valence-electron chi connectivity index (χ4n) is 1.56. The van der Waals surface area contributed by atoms with E-state index >= 15 is 0 Å². The topological polar surface area (TPSA) is 70.3 Å². The summed E-state index contributed by atoms with van der Waals surface area (Å²) in [5.74, 6) is 0.142. The lowest BCUT2D eigenvalue weighted by Gasteiger charge is -2.07. The minimum Gasteiger partial charge on any atom is -0.508 e. The predicted molar refractivity (Wildman–Crippen MR) is 65.0 cm³/mol. The van der Waals surface area contributed by atoms with Gasteiger partial charge in [0, 0.05) is 25.2 Å². The Morgan fingerprint density at radius 2 is 2.12 bits per heavy atom. The van der Waals surface area contributed by atoms with Gasteiger partial charge in [-0.15, -0.1) is 0 Å². The number of rotatable bonds is 3. The summed E-state index contributed by atoms with van der Waals surface area (Å²) in [7, 11) is 1.87. The number of benzene rings is 1. The van der Waals surface area contributed by atoms with Gasteiger partial charge >= 0.3 is 0 Å². The van der Waals surface area contributed by atoms with E-state index in [1.165, 1.54) is 6.07 Å². The summed E-state index contributed by atoms with van der Waals surface area (Å²) in [6, 6.07) is 4.56. The van der Waals surface area contributed by atoms with Crippen LogP contribution < -0.4 is 5.32 Å². The van der Waals surface area contributed by atoms with Crippen molar-refractivity contribution in [3.05, 3.63) is 35.7 Å². The van der Waals surface area contributed by atoms with E-state index in [2.05, 4.69) is 10.4 Å². The third-order valence-electron chi connectivity index (χ3n) is 2.77. The summed E-state index contributed by atoms with van der Waals surface area (Å²) in [4.78, 5) is 0. The van der Waals surface area contributed by atoms with Gasteiger partial charge in [0.15, 0.2) is 0 Å². The fraction of sp³-hybridized carbons (Fsp3) is 0.250. The van der Waals surface area contributed by atoms with Gasteiger partial charge in [0.05, 0.1) is 17.6 Å². The zero-order chi connectivity index (χ0) is 12.4. The molecule has 2 aromatic rings. The molecule has 3 N–H and O–H groups in total. The molecule has 5 nitrogen and oxygen atoms in total. The van der Waals surface area contributed by atoms with Crippen LogP contribution in [0.15, 0.2) is 24.4 Å². The van der Waals surface area contributed by atoms with Crippen molar-refractivity contribution in [2.24, 2.45) is 7.05 Å². The van der Waals surface area contributed by atoms with Crippen LogP contribution in [0.1, 0.15) is 11.3 Å². The van der Waals surface area contributed by atoms with Gasteiger partial charge in [-0.05, 0) is 19.1 Å². The van der Waals surface area contributed by atoms with Gasteiger partial charge < -0.3 is 15.5 Å². The van der Waals surface area contributed by atoms with Crippen molar-refractivity contribution in [2.75, 3.05) is 5.32 Å². The van der Waals surface area contributed by atoms with Crippen LogP contribution in [0, 0.1) is 6.92 Å². The van der Waals surface area contributed by atoms with Crippen LogP contribution in [0.25, 0.3) is 0 Å². The molecule has 0 bridgehead atoms. The van der Waals surface area contributed by atoms with Crippen molar-refractivity contribution in [1.82, 2.24) is 9.78 Å². The Morgan fingerprint density at radius 3 is 2.71 bits per heavy atom. The molecule has 0 atom stereocenters. The molecule has 0 spiro atoms. The Bertz CT molecular complexity index is 535. The molecule has 0 aliphatic rings. The molecule has 0 radical (unpaired) electrons. The number of nitrogens with zero attached hydrogens (tertiary/aromatic N) is 2. The van der Waals surface area contributed by atoms with E-state index < -0.39 is 0 Å². The number of hydrogen-bond acceptors (Lipinski definition) is 4.